The molecule has 3 aromatic carbocycles. The van der Waals surface area contributed by atoms with E-state index in [4.69, 9.17) is 24.7 Å². The third-order valence-electron chi connectivity index (χ3n) is 8.66. The molecule has 3 aliphatic rings. The monoisotopic (exact) mass is 629 g/mol. The number of aliphatic imine (C=N–C) groups is 2. The van der Waals surface area contributed by atoms with E-state index >= 15 is 0 Å². The molecule has 7 rings (SSSR count). The normalized spacial score (nSPS) is 17.8. The molecule has 8 bridgehead atoms. The van der Waals surface area contributed by atoms with Gasteiger partial charge >= 0.3 is 27.0 Å². The van der Waals surface area contributed by atoms with Crippen LogP contribution in [0.1, 0.15) is 61.3 Å². The Balaban J connectivity index is 0.00000161. The second-order valence-corrected chi connectivity index (χ2v) is 12.0. The van der Waals surface area contributed by atoms with Gasteiger partial charge in [0.25, 0.3) is 0 Å². The van der Waals surface area contributed by atoms with Crippen LogP contribution in [0.25, 0.3) is 11.1 Å². The summed E-state index contributed by atoms with van der Waals surface area (Å²) in [6.45, 7) is 9.04. The van der Waals surface area contributed by atoms with Crippen molar-refractivity contribution in [2.75, 3.05) is 0 Å². The Morgan fingerprint density at radius 2 is 0.953 bits per heavy atom. The van der Waals surface area contributed by atoms with Crippen molar-refractivity contribution in [3.63, 3.8) is 0 Å². The average molecular weight is 632 g/mol. The number of halogens is 1. The van der Waals surface area contributed by atoms with E-state index in [0.29, 0.717) is 0 Å². The molecular weight excluding hydrogens is 599 g/mol. The number of nitrogens with zero attached hydrogens (tertiary/aromatic N) is 3. The van der Waals surface area contributed by atoms with Gasteiger partial charge in [-0.2, -0.15) is 0 Å². The summed E-state index contributed by atoms with van der Waals surface area (Å²) < 4.78 is 0. The van der Waals surface area contributed by atoms with Gasteiger partial charge in [0.15, 0.2) is 0 Å². The van der Waals surface area contributed by atoms with Gasteiger partial charge in [0.1, 0.15) is 0 Å². The molecule has 4 heterocycles. The molecule has 0 spiro atoms. The van der Waals surface area contributed by atoms with Crippen LogP contribution in [0.15, 0.2) is 143 Å². The minimum absolute atomic E-state index is 0.285. The molecule has 0 N–H and O–H groups in total. The maximum atomic E-state index is 5.27. The fourth-order valence-corrected chi connectivity index (χ4v) is 6.00. The van der Waals surface area contributed by atoms with E-state index in [0.717, 1.165) is 73.8 Å². The van der Waals surface area contributed by atoms with Crippen LogP contribution < -0.4 is 4.98 Å². The van der Waals surface area contributed by atoms with Crippen LogP contribution in [0.5, 0.6) is 0 Å². The molecule has 43 heavy (non-hydrogen) atoms. The first-order chi connectivity index (χ1) is 20.8. The summed E-state index contributed by atoms with van der Waals surface area (Å²) in [5, 5.41) is 0. The van der Waals surface area contributed by atoms with Crippen LogP contribution in [0.3, 0.4) is 0 Å². The van der Waals surface area contributed by atoms with E-state index in [9.17, 15) is 0 Å². The van der Waals surface area contributed by atoms with Crippen LogP contribution >= 0.6 is 9.69 Å². The van der Waals surface area contributed by atoms with Crippen LogP contribution in [-0.2, 0) is 28.1 Å². The number of benzene rings is 3. The van der Waals surface area contributed by atoms with Crippen LogP contribution in [0.4, 0.5) is 0 Å². The fraction of sp³-hybridized carbons (Fsp3) is 0.158. The summed E-state index contributed by atoms with van der Waals surface area (Å²) in [4.78, 5) is 15.8. The van der Waals surface area contributed by atoms with Crippen molar-refractivity contribution in [1.29, 1.82) is 0 Å². The third-order valence-corrected chi connectivity index (χ3v) is 8.66. The molecule has 4 aromatic rings. The van der Waals surface area contributed by atoms with E-state index in [-0.39, 0.29) is 10.8 Å². The zero-order valence-corrected chi connectivity index (χ0v) is 28.7. The van der Waals surface area contributed by atoms with E-state index in [1.54, 1.807) is 0 Å². The first-order valence-corrected chi connectivity index (χ1v) is 18.4. The van der Waals surface area contributed by atoms with Crippen molar-refractivity contribution in [2.24, 2.45) is 9.98 Å². The van der Waals surface area contributed by atoms with Gasteiger partial charge < -0.3 is 4.98 Å². The maximum absolute atomic E-state index is 5.27. The van der Waals surface area contributed by atoms with Crippen LogP contribution in [0.2, 0.25) is 0 Å². The van der Waals surface area contributed by atoms with Gasteiger partial charge in [-0.15, -0.1) is 11.4 Å². The number of allylic oxidation sites excluding steroid dienone is 4. The SMILES string of the molecule is CC1(C)C2=NC(=C(c3ccccc3)c3ccc([n-]3)C(c3ccccc3)=C3C=CC(=N3)C(C)(C)c3cccc1c3)C=C2.[Cl][Zn+]. The molecule has 0 radical (unpaired) electrons. The Morgan fingerprint density at radius 1 is 0.535 bits per heavy atom. The predicted molar refractivity (Wildman–Crippen MR) is 176 cm³/mol. The van der Waals surface area contributed by atoms with Gasteiger partial charge in [-0.25, -0.2) is 0 Å². The van der Waals surface area contributed by atoms with Crippen molar-refractivity contribution in [1.82, 2.24) is 4.98 Å². The molecule has 1 aromatic heterocycles. The Morgan fingerprint density at radius 3 is 1.37 bits per heavy atom. The van der Waals surface area contributed by atoms with Crippen molar-refractivity contribution in [2.45, 2.75) is 38.5 Å². The zero-order valence-electron chi connectivity index (χ0n) is 25.0. The van der Waals surface area contributed by atoms with Gasteiger partial charge in [0.05, 0.1) is 22.8 Å². The molecule has 0 atom stereocenters. The predicted octanol–water partition coefficient (Wildman–Crippen LogP) is 9.14. The average Bonchev–Trinajstić information content (AvgIpc) is 3.83. The van der Waals surface area contributed by atoms with Gasteiger partial charge in [-0.1, -0.05) is 125 Å². The molecular formula is C38H32ClN3Zn. The fourth-order valence-electron chi connectivity index (χ4n) is 6.00. The third kappa shape index (κ3) is 5.28. The Labute approximate surface area is 268 Å². The first kappa shape index (κ1) is 29.2. The van der Waals surface area contributed by atoms with Gasteiger partial charge in [0.2, 0.25) is 0 Å². The summed E-state index contributed by atoms with van der Waals surface area (Å²) >= 11 is 0.847. The van der Waals surface area contributed by atoms with Gasteiger partial charge in [-0.3, -0.25) is 9.98 Å². The van der Waals surface area contributed by atoms with Crippen LogP contribution in [-0.4, -0.2) is 11.4 Å². The molecule has 0 aliphatic carbocycles. The van der Waals surface area contributed by atoms with Crippen LogP contribution in [0, 0.1) is 0 Å². The van der Waals surface area contributed by atoms with Crippen molar-refractivity contribution in [3.05, 3.63) is 166 Å². The number of rotatable bonds is 2. The Hall–Kier alpha value is -3.85. The molecule has 0 unspecified atom stereocenters. The molecule has 0 saturated heterocycles. The molecule has 0 saturated carbocycles. The molecule has 3 nitrogen and oxygen atoms in total. The van der Waals surface area contributed by atoms with E-state index in [1.807, 2.05) is 12.1 Å². The van der Waals surface area contributed by atoms with Crippen molar-refractivity contribution in [3.8, 4) is 0 Å². The number of aromatic nitrogens is 1. The first-order valence-electron chi connectivity index (χ1n) is 14.5. The summed E-state index contributed by atoms with van der Waals surface area (Å²) in [7, 11) is 4.76. The van der Waals surface area contributed by atoms with Crippen molar-refractivity contribution < 1.29 is 17.3 Å². The number of hydrogen-bond acceptors (Lipinski definition) is 2. The topological polar surface area (TPSA) is 38.8 Å². The van der Waals surface area contributed by atoms with E-state index < -0.39 is 0 Å². The molecule has 0 amide bonds. The summed E-state index contributed by atoms with van der Waals surface area (Å²) in [6.07, 6.45) is 8.63. The Bertz CT molecular complexity index is 1730. The molecule has 208 valence electrons. The van der Waals surface area contributed by atoms with E-state index in [2.05, 4.69) is 137 Å². The standard InChI is InChI=1S/C38H32N3.ClH.Zn/c1-37(2)27-16-11-17-28(24-27)38(3,4)34-23-21-32(41-34)36(26-14-9-6-10-15-26)30-19-18-29(39-30)35(25-12-7-5-8-13-25)31-20-22-33(37)40-31;;/h5-24H,1-4H3;1H;/q-1;;+2/p-1. The number of hydrogen-bond donors (Lipinski definition) is 0. The minimum atomic E-state index is -0.285. The summed E-state index contributed by atoms with van der Waals surface area (Å²) in [6, 6.07) is 34.1. The molecule has 5 heteroatoms. The molecule has 0 fully saturated rings. The Kier molecular flexibility index (Phi) is 7.94. The second-order valence-electron chi connectivity index (χ2n) is 12.0. The van der Waals surface area contributed by atoms with E-state index in [1.165, 1.54) is 11.1 Å². The summed E-state index contributed by atoms with van der Waals surface area (Å²) in [5.41, 5.74) is 11.9. The second kappa shape index (κ2) is 11.7. The van der Waals surface area contributed by atoms with Gasteiger partial charge in [0, 0.05) is 10.8 Å². The van der Waals surface area contributed by atoms with Gasteiger partial charge in [-0.05, 0) is 57.7 Å². The number of fused-ring (bicyclic) bond motifs is 6. The quantitative estimate of drug-likeness (QED) is 0.204. The summed E-state index contributed by atoms with van der Waals surface area (Å²) in [5.74, 6) is 0. The molecule has 3 aliphatic heterocycles. The van der Waals surface area contributed by atoms with Crippen molar-refractivity contribution >= 4 is 32.3 Å². The zero-order chi connectivity index (χ0) is 30.2.